The molecular weight excluding hydrogens is 308 g/mol. The number of fused-ring (bicyclic) bond motifs is 1. The molecule has 2 N–H and O–H groups in total. The molecule has 0 unspecified atom stereocenters. The maximum absolute atomic E-state index is 11.6. The van der Waals surface area contributed by atoms with Crippen molar-refractivity contribution in [2.45, 2.75) is 6.92 Å². The number of nitrogens with zero attached hydrogens (tertiary/aromatic N) is 1. The number of carbonyl (C=O) groups is 2. The molecule has 2 aromatic carbocycles. The van der Waals surface area contributed by atoms with E-state index >= 15 is 0 Å². The number of hydrogen-bond acceptors (Lipinski definition) is 4. The summed E-state index contributed by atoms with van der Waals surface area (Å²) in [5, 5.41) is 11.1. The Labute approximate surface area is 137 Å². The highest BCUT2D eigenvalue weighted by Crippen LogP contribution is 2.26. The van der Waals surface area contributed by atoms with Crippen LogP contribution in [0.3, 0.4) is 0 Å². The summed E-state index contributed by atoms with van der Waals surface area (Å²) in [5.74, 6) is -1.21. The number of hydrogen-bond donors (Lipinski definition) is 2. The molecule has 3 aromatic rings. The lowest BCUT2D eigenvalue weighted by Gasteiger charge is -2.00. The molecular formula is C18H14N2O4. The Hall–Kier alpha value is -3.41. The molecule has 6 nitrogen and oxygen atoms in total. The minimum absolute atomic E-state index is 0.495. The molecule has 0 aliphatic heterocycles. The van der Waals surface area contributed by atoms with Crippen LogP contribution in [0.25, 0.3) is 22.6 Å². The Morgan fingerprint density at radius 2 is 2.00 bits per heavy atom. The molecule has 0 atom stereocenters. The van der Waals surface area contributed by atoms with Crippen LogP contribution in [0, 0.1) is 6.92 Å². The summed E-state index contributed by atoms with van der Waals surface area (Å²) in [5.41, 5.74) is 3.68. The van der Waals surface area contributed by atoms with Gasteiger partial charge in [0.05, 0.1) is 0 Å². The monoisotopic (exact) mass is 322 g/mol. The van der Waals surface area contributed by atoms with Crippen LogP contribution < -0.4 is 5.32 Å². The molecule has 0 radical (unpaired) electrons. The van der Waals surface area contributed by atoms with Gasteiger partial charge in [0, 0.05) is 29.5 Å². The van der Waals surface area contributed by atoms with Crippen molar-refractivity contribution >= 4 is 28.7 Å². The molecule has 1 aromatic heterocycles. The first kappa shape index (κ1) is 15.5. The van der Waals surface area contributed by atoms with E-state index in [-0.39, 0.29) is 0 Å². The number of aromatic nitrogens is 1. The maximum Gasteiger partial charge on any atom is 0.328 e. The number of carboxylic acids is 1. The molecule has 0 bridgehead atoms. The molecule has 0 aliphatic carbocycles. The third-order valence-corrected chi connectivity index (χ3v) is 3.30. The van der Waals surface area contributed by atoms with Gasteiger partial charge >= 0.3 is 5.97 Å². The third kappa shape index (κ3) is 3.49. The van der Waals surface area contributed by atoms with E-state index in [4.69, 9.17) is 9.52 Å². The summed E-state index contributed by atoms with van der Waals surface area (Å²) in [6, 6.07) is 12.9. The standard InChI is InChI=1S/C18H14N2O4/c1-11-3-2-4-12(9-11)18-20-14-6-5-13(10-15(14)24-18)19-16(21)7-8-17(22)23/h2-10H,1H3,(H,19,21)(H,22,23)/b8-7+. The zero-order valence-electron chi connectivity index (χ0n) is 12.8. The summed E-state index contributed by atoms with van der Waals surface area (Å²) in [4.78, 5) is 26.4. The molecule has 0 saturated carbocycles. The largest absolute Gasteiger partial charge is 0.478 e. The van der Waals surface area contributed by atoms with Crippen LogP contribution >= 0.6 is 0 Å². The zero-order valence-corrected chi connectivity index (χ0v) is 12.8. The van der Waals surface area contributed by atoms with E-state index < -0.39 is 11.9 Å². The number of anilines is 1. The lowest BCUT2D eigenvalue weighted by Crippen LogP contribution is -2.08. The van der Waals surface area contributed by atoms with Gasteiger partial charge in [-0.1, -0.05) is 17.7 Å². The van der Waals surface area contributed by atoms with E-state index in [0.717, 1.165) is 23.3 Å². The van der Waals surface area contributed by atoms with E-state index in [1.165, 1.54) is 0 Å². The smallest absolute Gasteiger partial charge is 0.328 e. The predicted molar refractivity (Wildman–Crippen MR) is 89.6 cm³/mol. The minimum atomic E-state index is -1.18. The molecule has 120 valence electrons. The van der Waals surface area contributed by atoms with Gasteiger partial charge in [-0.3, -0.25) is 4.79 Å². The predicted octanol–water partition coefficient (Wildman–Crippen LogP) is 3.38. The van der Waals surface area contributed by atoms with Gasteiger partial charge in [-0.15, -0.1) is 0 Å². The fraction of sp³-hybridized carbons (Fsp3) is 0.0556. The maximum atomic E-state index is 11.6. The zero-order chi connectivity index (χ0) is 17.1. The number of carbonyl (C=O) groups excluding carboxylic acids is 1. The van der Waals surface area contributed by atoms with Crippen LogP contribution in [-0.2, 0) is 9.59 Å². The van der Waals surface area contributed by atoms with Gasteiger partial charge < -0.3 is 14.8 Å². The van der Waals surface area contributed by atoms with E-state index in [2.05, 4.69) is 10.3 Å². The molecule has 3 rings (SSSR count). The summed E-state index contributed by atoms with van der Waals surface area (Å²) in [6.45, 7) is 1.99. The second-order valence-corrected chi connectivity index (χ2v) is 5.23. The number of amides is 1. The molecule has 6 heteroatoms. The Bertz CT molecular complexity index is 957. The highest BCUT2D eigenvalue weighted by atomic mass is 16.4. The fourth-order valence-corrected chi connectivity index (χ4v) is 2.23. The lowest BCUT2D eigenvalue weighted by molar-refractivity contribution is -0.131. The van der Waals surface area contributed by atoms with E-state index in [9.17, 15) is 9.59 Å². The number of aryl methyl sites for hydroxylation is 1. The Morgan fingerprint density at radius 3 is 2.75 bits per heavy atom. The number of carboxylic acid groups (broad SMARTS) is 1. The van der Waals surface area contributed by atoms with Crippen LogP contribution in [0.4, 0.5) is 5.69 Å². The molecule has 1 amide bonds. The minimum Gasteiger partial charge on any atom is -0.478 e. The molecule has 0 aliphatic rings. The van der Waals surface area contributed by atoms with Gasteiger partial charge in [0.2, 0.25) is 11.8 Å². The average Bonchev–Trinajstić information content (AvgIpc) is 2.96. The second-order valence-electron chi connectivity index (χ2n) is 5.23. The summed E-state index contributed by atoms with van der Waals surface area (Å²) >= 11 is 0. The topological polar surface area (TPSA) is 92.4 Å². The van der Waals surface area contributed by atoms with E-state index in [0.29, 0.717) is 22.7 Å². The average molecular weight is 322 g/mol. The van der Waals surface area contributed by atoms with Crippen molar-refractivity contribution in [3.05, 3.63) is 60.2 Å². The first-order chi connectivity index (χ1) is 11.5. The third-order valence-electron chi connectivity index (χ3n) is 3.30. The Balaban J connectivity index is 1.86. The van der Waals surface area contributed by atoms with Crippen LogP contribution in [-0.4, -0.2) is 22.0 Å². The Kier molecular flexibility index (Phi) is 4.11. The normalized spacial score (nSPS) is 11.0. The fourth-order valence-electron chi connectivity index (χ4n) is 2.23. The van der Waals surface area contributed by atoms with Crippen molar-refractivity contribution in [3.8, 4) is 11.5 Å². The van der Waals surface area contributed by atoms with Gasteiger partial charge in [-0.2, -0.15) is 0 Å². The molecule has 0 fully saturated rings. The number of aliphatic carboxylic acids is 1. The molecule has 0 saturated heterocycles. The van der Waals surface area contributed by atoms with Crippen LogP contribution in [0.2, 0.25) is 0 Å². The van der Waals surface area contributed by atoms with Crippen molar-refractivity contribution in [1.29, 1.82) is 0 Å². The quantitative estimate of drug-likeness (QED) is 0.718. The van der Waals surface area contributed by atoms with Gasteiger partial charge in [0.1, 0.15) is 5.52 Å². The van der Waals surface area contributed by atoms with Crippen molar-refractivity contribution in [3.63, 3.8) is 0 Å². The van der Waals surface area contributed by atoms with Crippen molar-refractivity contribution in [1.82, 2.24) is 4.98 Å². The number of nitrogens with one attached hydrogen (secondary N) is 1. The second kappa shape index (κ2) is 6.37. The first-order valence-electron chi connectivity index (χ1n) is 7.21. The van der Waals surface area contributed by atoms with Crippen LogP contribution in [0.15, 0.2) is 59.0 Å². The van der Waals surface area contributed by atoms with Crippen molar-refractivity contribution < 1.29 is 19.1 Å². The highest BCUT2D eigenvalue weighted by Gasteiger charge is 2.09. The van der Waals surface area contributed by atoms with Gasteiger partial charge in [-0.25, -0.2) is 9.78 Å². The Morgan fingerprint density at radius 1 is 1.17 bits per heavy atom. The van der Waals surface area contributed by atoms with Crippen molar-refractivity contribution in [2.24, 2.45) is 0 Å². The number of rotatable bonds is 4. The van der Waals surface area contributed by atoms with E-state index in [1.54, 1.807) is 18.2 Å². The SMILES string of the molecule is Cc1cccc(-c2nc3ccc(NC(=O)/C=C/C(=O)O)cc3o2)c1. The lowest BCUT2D eigenvalue weighted by atomic mass is 10.1. The molecule has 0 spiro atoms. The van der Waals surface area contributed by atoms with Crippen molar-refractivity contribution in [2.75, 3.05) is 5.32 Å². The van der Waals surface area contributed by atoms with Gasteiger partial charge in [-0.05, 0) is 31.2 Å². The summed E-state index contributed by atoms with van der Waals surface area (Å²) < 4.78 is 5.75. The van der Waals surface area contributed by atoms with Gasteiger partial charge in [0.25, 0.3) is 0 Å². The highest BCUT2D eigenvalue weighted by molar-refractivity contribution is 6.03. The summed E-state index contributed by atoms with van der Waals surface area (Å²) in [6.07, 6.45) is 1.73. The van der Waals surface area contributed by atoms with Crippen LogP contribution in [0.1, 0.15) is 5.56 Å². The van der Waals surface area contributed by atoms with E-state index in [1.807, 2.05) is 31.2 Å². The van der Waals surface area contributed by atoms with Crippen LogP contribution in [0.5, 0.6) is 0 Å². The molecule has 24 heavy (non-hydrogen) atoms. The van der Waals surface area contributed by atoms with Gasteiger partial charge in [0.15, 0.2) is 5.58 Å². The summed E-state index contributed by atoms with van der Waals surface area (Å²) in [7, 11) is 0. The molecule has 1 heterocycles. The number of benzene rings is 2. The number of oxazole rings is 1. The first-order valence-corrected chi connectivity index (χ1v) is 7.21.